The number of hydrogen-bond donors (Lipinski definition) is 2. The molecule has 1 fully saturated rings. The van der Waals surface area contributed by atoms with Crippen molar-refractivity contribution in [2.45, 2.75) is 32.2 Å². The molecule has 1 saturated heterocycles. The van der Waals surface area contributed by atoms with E-state index in [1.165, 1.54) is 44.6 Å². The molecule has 0 aliphatic carbocycles. The first-order valence-corrected chi connectivity index (χ1v) is 8.14. The van der Waals surface area contributed by atoms with Crippen LogP contribution in [0, 0.1) is 0 Å². The maximum Gasteiger partial charge on any atom is 0.0606 e. The van der Waals surface area contributed by atoms with Crippen molar-refractivity contribution in [3.05, 3.63) is 24.3 Å². The summed E-state index contributed by atoms with van der Waals surface area (Å²) in [4.78, 5) is 4.62. The van der Waals surface area contributed by atoms with Crippen molar-refractivity contribution in [3.63, 3.8) is 0 Å². The Labute approximate surface area is 128 Å². The molecular weight excluding hydrogens is 262 g/mol. The molecular formula is C17H29N3O. The molecule has 0 unspecified atom stereocenters. The van der Waals surface area contributed by atoms with E-state index in [2.05, 4.69) is 46.3 Å². The fourth-order valence-corrected chi connectivity index (χ4v) is 2.94. The molecule has 0 spiro atoms. The molecule has 2 N–H and O–H groups in total. The summed E-state index contributed by atoms with van der Waals surface area (Å²) in [5.41, 5.74) is 2.34. The van der Waals surface area contributed by atoms with Gasteiger partial charge in [-0.25, -0.2) is 0 Å². The molecule has 1 aliphatic rings. The van der Waals surface area contributed by atoms with Crippen LogP contribution in [0.2, 0.25) is 0 Å². The summed E-state index contributed by atoms with van der Waals surface area (Å²) in [5.74, 6) is 0. The van der Waals surface area contributed by atoms with Crippen LogP contribution in [0.3, 0.4) is 0 Å². The Bertz CT molecular complexity index is 399. The molecule has 1 aromatic carbocycles. The lowest BCUT2D eigenvalue weighted by atomic mass is 10.0. The summed E-state index contributed by atoms with van der Waals surface area (Å²) in [6.07, 6.45) is 3.71. The third-order valence-corrected chi connectivity index (χ3v) is 4.24. The number of nitrogens with zero attached hydrogens (tertiary/aromatic N) is 2. The van der Waals surface area contributed by atoms with Crippen molar-refractivity contribution < 1.29 is 5.11 Å². The Balaban J connectivity index is 1.81. The van der Waals surface area contributed by atoms with E-state index in [9.17, 15) is 0 Å². The van der Waals surface area contributed by atoms with Crippen LogP contribution < -0.4 is 10.2 Å². The number of hydrogen-bond acceptors (Lipinski definition) is 4. The van der Waals surface area contributed by atoms with Gasteiger partial charge in [-0.05, 0) is 50.1 Å². The van der Waals surface area contributed by atoms with Gasteiger partial charge in [-0.3, -0.25) is 0 Å². The second-order valence-electron chi connectivity index (χ2n) is 5.95. The second-order valence-corrected chi connectivity index (χ2v) is 5.95. The SMILES string of the molecule is CCCN1CCC(Nc2ccc(N(C)CCO)cc2)CC1. The number of anilines is 2. The lowest BCUT2D eigenvalue weighted by Gasteiger charge is -2.32. The van der Waals surface area contributed by atoms with Crippen LogP contribution >= 0.6 is 0 Å². The molecule has 0 saturated carbocycles. The number of likely N-dealkylation sites (N-methyl/N-ethyl adjacent to an activating group) is 1. The number of rotatable bonds is 7. The number of aliphatic hydroxyl groups is 1. The standard InChI is InChI=1S/C17H29N3O/c1-3-10-20-11-8-16(9-12-20)18-15-4-6-17(7-5-15)19(2)13-14-21/h4-7,16,18,21H,3,8-14H2,1-2H3. The molecule has 1 heterocycles. The van der Waals surface area contributed by atoms with E-state index in [1.807, 2.05) is 7.05 Å². The van der Waals surface area contributed by atoms with Gasteiger partial charge in [0, 0.05) is 44.1 Å². The minimum absolute atomic E-state index is 0.187. The largest absolute Gasteiger partial charge is 0.395 e. The Morgan fingerprint density at radius 1 is 1.24 bits per heavy atom. The molecule has 1 aromatic rings. The van der Waals surface area contributed by atoms with Crippen LogP contribution in [0.15, 0.2) is 24.3 Å². The number of aliphatic hydroxyl groups excluding tert-OH is 1. The van der Waals surface area contributed by atoms with Gasteiger partial charge in [0.15, 0.2) is 0 Å². The second kappa shape index (κ2) is 8.25. The maximum absolute atomic E-state index is 8.97. The lowest BCUT2D eigenvalue weighted by Crippen LogP contribution is -2.39. The summed E-state index contributed by atoms with van der Waals surface area (Å²) in [6, 6.07) is 9.11. The number of nitrogens with one attached hydrogen (secondary N) is 1. The zero-order valence-corrected chi connectivity index (χ0v) is 13.4. The number of likely N-dealkylation sites (tertiary alicyclic amines) is 1. The summed E-state index contributed by atoms with van der Waals surface area (Å²) in [5, 5.41) is 12.6. The minimum atomic E-state index is 0.187. The molecule has 4 heteroatoms. The number of benzene rings is 1. The first-order chi connectivity index (χ1) is 10.2. The highest BCUT2D eigenvalue weighted by Crippen LogP contribution is 2.20. The number of piperidine rings is 1. The van der Waals surface area contributed by atoms with Crippen molar-refractivity contribution in [1.82, 2.24) is 4.90 Å². The predicted octanol–water partition coefficient (Wildman–Crippen LogP) is 2.40. The summed E-state index contributed by atoms with van der Waals surface area (Å²) in [6.45, 7) is 6.76. The van der Waals surface area contributed by atoms with Crippen molar-refractivity contribution in [1.29, 1.82) is 0 Å². The highest BCUT2D eigenvalue weighted by atomic mass is 16.3. The van der Waals surface area contributed by atoms with Gasteiger partial charge in [-0.15, -0.1) is 0 Å². The molecule has 0 amide bonds. The van der Waals surface area contributed by atoms with Gasteiger partial charge in [0.25, 0.3) is 0 Å². The minimum Gasteiger partial charge on any atom is -0.395 e. The van der Waals surface area contributed by atoms with Gasteiger partial charge in [-0.2, -0.15) is 0 Å². The predicted molar refractivity (Wildman–Crippen MR) is 90.2 cm³/mol. The third-order valence-electron chi connectivity index (χ3n) is 4.24. The Morgan fingerprint density at radius 3 is 2.48 bits per heavy atom. The van der Waals surface area contributed by atoms with E-state index in [1.54, 1.807) is 0 Å². The molecule has 0 bridgehead atoms. The molecule has 118 valence electrons. The van der Waals surface area contributed by atoms with Crippen LogP contribution in [-0.4, -0.2) is 55.9 Å². The van der Waals surface area contributed by atoms with E-state index >= 15 is 0 Å². The molecule has 0 atom stereocenters. The average molecular weight is 291 g/mol. The van der Waals surface area contributed by atoms with Crippen LogP contribution in [0.1, 0.15) is 26.2 Å². The van der Waals surface area contributed by atoms with Gasteiger partial charge in [-0.1, -0.05) is 6.92 Å². The summed E-state index contributed by atoms with van der Waals surface area (Å²) in [7, 11) is 2.00. The Kier molecular flexibility index (Phi) is 6.33. The van der Waals surface area contributed by atoms with Crippen LogP contribution in [-0.2, 0) is 0 Å². The van der Waals surface area contributed by atoms with Gasteiger partial charge in [0.2, 0.25) is 0 Å². The molecule has 21 heavy (non-hydrogen) atoms. The van der Waals surface area contributed by atoms with Crippen LogP contribution in [0.4, 0.5) is 11.4 Å². The molecule has 0 aromatic heterocycles. The zero-order chi connectivity index (χ0) is 15.1. The van der Waals surface area contributed by atoms with Gasteiger partial charge in [0.1, 0.15) is 0 Å². The van der Waals surface area contributed by atoms with Crippen LogP contribution in [0.25, 0.3) is 0 Å². The normalized spacial score (nSPS) is 16.9. The van der Waals surface area contributed by atoms with E-state index in [-0.39, 0.29) is 6.61 Å². The topological polar surface area (TPSA) is 38.7 Å². The maximum atomic E-state index is 8.97. The average Bonchev–Trinajstić information content (AvgIpc) is 2.50. The van der Waals surface area contributed by atoms with Crippen LogP contribution in [0.5, 0.6) is 0 Å². The fraction of sp³-hybridized carbons (Fsp3) is 0.647. The highest BCUT2D eigenvalue weighted by molar-refractivity contribution is 5.55. The van der Waals surface area contributed by atoms with Crippen molar-refractivity contribution in [2.24, 2.45) is 0 Å². The molecule has 1 aliphatic heterocycles. The van der Waals surface area contributed by atoms with E-state index < -0.39 is 0 Å². The monoisotopic (exact) mass is 291 g/mol. The Morgan fingerprint density at radius 2 is 1.90 bits per heavy atom. The quantitative estimate of drug-likeness (QED) is 0.809. The first-order valence-electron chi connectivity index (χ1n) is 8.14. The lowest BCUT2D eigenvalue weighted by molar-refractivity contribution is 0.219. The molecule has 2 rings (SSSR count). The Hall–Kier alpha value is -1.26. The van der Waals surface area contributed by atoms with Gasteiger partial charge >= 0.3 is 0 Å². The molecule has 4 nitrogen and oxygen atoms in total. The third kappa shape index (κ3) is 4.90. The van der Waals surface area contributed by atoms with E-state index in [0.29, 0.717) is 12.6 Å². The van der Waals surface area contributed by atoms with Crippen molar-refractivity contribution in [3.8, 4) is 0 Å². The summed E-state index contributed by atoms with van der Waals surface area (Å²) >= 11 is 0. The summed E-state index contributed by atoms with van der Waals surface area (Å²) < 4.78 is 0. The smallest absolute Gasteiger partial charge is 0.0606 e. The van der Waals surface area contributed by atoms with E-state index in [4.69, 9.17) is 5.11 Å². The first kappa shape index (κ1) is 16.1. The van der Waals surface area contributed by atoms with E-state index in [0.717, 1.165) is 5.69 Å². The van der Waals surface area contributed by atoms with Crippen molar-refractivity contribution >= 4 is 11.4 Å². The van der Waals surface area contributed by atoms with Gasteiger partial charge < -0.3 is 20.2 Å². The zero-order valence-electron chi connectivity index (χ0n) is 13.4. The van der Waals surface area contributed by atoms with Gasteiger partial charge in [0.05, 0.1) is 6.61 Å². The highest BCUT2D eigenvalue weighted by Gasteiger charge is 2.18. The fourth-order valence-electron chi connectivity index (χ4n) is 2.94. The molecule has 0 radical (unpaired) electrons. The van der Waals surface area contributed by atoms with Crippen molar-refractivity contribution in [2.75, 3.05) is 50.1 Å².